The second kappa shape index (κ2) is 6.41. The first-order valence-electron chi connectivity index (χ1n) is 6.72. The van der Waals surface area contributed by atoms with Gasteiger partial charge in [-0.1, -0.05) is 18.2 Å². The summed E-state index contributed by atoms with van der Waals surface area (Å²) in [6.07, 6.45) is 0. The van der Waals surface area contributed by atoms with E-state index in [4.69, 9.17) is 5.73 Å². The number of fused-ring (bicyclic) bond motifs is 1. The molecule has 1 heterocycles. The molecule has 0 aliphatic rings. The number of nitrogens with two attached hydrogens (primary N) is 1. The van der Waals surface area contributed by atoms with E-state index in [2.05, 4.69) is 4.72 Å². The standard InChI is InChI=1S/C14H21N3O2S2/c1-10(9-17(2)3)16-21(18,19)14-11-6-4-5-7-12(11)20-13(14)8-15/h4-7,10,16H,8-9,15H2,1-3H3. The summed E-state index contributed by atoms with van der Waals surface area (Å²) < 4.78 is 29.1. The highest BCUT2D eigenvalue weighted by atomic mass is 32.2. The molecule has 2 aromatic rings. The zero-order chi connectivity index (χ0) is 15.6. The number of likely N-dealkylation sites (N-methyl/N-ethyl adjacent to an activating group) is 1. The van der Waals surface area contributed by atoms with Crippen molar-refractivity contribution in [1.29, 1.82) is 0 Å². The molecule has 0 radical (unpaired) electrons. The van der Waals surface area contributed by atoms with E-state index in [0.717, 1.165) is 10.1 Å². The summed E-state index contributed by atoms with van der Waals surface area (Å²) in [5.74, 6) is 0. The molecule has 0 fully saturated rings. The first-order valence-corrected chi connectivity index (χ1v) is 9.02. The lowest BCUT2D eigenvalue weighted by molar-refractivity contribution is 0.370. The van der Waals surface area contributed by atoms with Gasteiger partial charge >= 0.3 is 0 Å². The number of hydrogen-bond donors (Lipinski definition) is 2. The Morgan fingerprint density at radius 3 is 2.62 bits per heavy atom. The Kier molecular flexibility index (Phi) is 5.00. The van der Waals surface area contributed by atoms with Gasteiger partial charge in [0.2, 0.25) is 10.0 Å². The SMILES string of the molecule is CC(CN(C)C)NS(=O)(=O)c1c(CN)sc2ccccc12. The number of rotatable bonds is 6. The van der Waals surface area contributed by atoms with Gasteiger partial charge in [0.1, 0.15) is 4.90 Å². The summed E-state index contributed by atoms with van der Waals surface area (Å²) in [4.78, 5) is 2.97. The summed E-state index contributed by atoms with van der Waals surface area (Å²) in [6, 6.07) is 7.32. The van der Waals surface area contributed by atoms with Gasteiger partial charge in [0.25, 0.3) is 0 Å². The minimum atomic E-state index is -3.58. The number of benzene rings is 1. The van der Waals surface area contributed by atoms with Crippen LogP contribution in [0.1, 0.15) is 11.8 Å². The summed E-state index contributed by atoms with van der Waals surface area (Å²) in [5.41, 5.74) is 5.73. The van der Waals surface area contributed by atoms with E-state index in [-0.39, 0.29) is 12.6 Å². The van der Waals surface area contributed by atoms with Crippen molar-refractivity contribution in [1.82, 2.24) is 9.62 Å². The molecular formula is C14H21N3O2S2. The molecule has 0 amide bonds. The van der Waals surface area contributed by atoms with E-state index in [1.165, 1.54) is 11.3 Å². The number of thiophene rings is 1. The van der Waals surface area contributed by atoms with Crippen molar-refractivity contribution in [2.45, 2.75) is 24.4 Å². The molecule has 7 heteroatoms. The molecule has 1 atom stereocenters. The highest BCUT2D eigenvalue weighted by molar-refractivity contribution is 7.90. The number of sulfonamides is 1. The minimum Gasteiger partial charge on any atom is -0.326 e. The Hall–Kier alpha value is -0.990. The van der Waals surface area contributed by atoms with E-state index in [0.29, 0.717) is 16.3 Å². The van der Waals surface area contributed by atoms with Gasteiger partial charge < -0.3 is 10.6 Å². The molecule has 1 aromatic carbocycles. The zero-order valence-electron chi connectivity index (χ0n) is 12.5. The summed E-state index contributed by atoms with van der Waals surface area (Å²) >= 11 is 1.44. The van der Waals surface area contributed by atoms with Gasteiger partial charge in [-0.05, 0) is 27.1 Å². The summed E-state index contributed by atoms with van der Waals surface area (Å²) in [7, 11) is 0.248. The maximum atomic E-state index is 12.7. The Morgan fingerprint density at radius 2 is 2.00 bits per heavy atom. The van der Waals surface area contributed by atoms with Gasteiger partial charge in [0, 0.05) is 34.1 Å². The lowest BCUT2D eigenvalue weighted by Crippen LogP contribution is -2.39. The van der Waals surface area contributed by atoms with Crippen LogP contribution in [0.25, 0.3) is 10.1 Å². The maximum absolute atomic E-state index is 12.7. The largest absolute Gasteiger partial charge is 0.326 e. The van der Waals surface area contributed by atoms with Crippen molar-refractivity contribution in [3.63, 3.8) is 0 Å². The van der Waals surface area contributed by atoms with E-state index in [1.807, 2.05) is 50.2 Å². The van der Waals surface area contributed by atoms with Crippen molar-refractivity contribution in [3.8, 4) is 0 Å². The third kappa shape index (κ3) is 3.61. The molecule has 2 rings (SSSR count). The normalized spacial score (nSPS) is 14.0. The number of nitrogens with one attached hydrogen (secondary N) is 1. The minimum absolute atomic E-state index is 0.172. The van der Waals surface area contributed by atoms with Gasteiger partial charge in [-0.2, -0.15) is 0 Å². The molecule has 0 spiro atoms. The molecule has 0 aliphatic heterocycles. The quantitative estimate of drug-likeness (QED) is 0.845. The van der Waals surface area contributed by atoms with E-state index in [9.17, 15) is 8.42 Å². The third-order valence-electron chi connectivity index (χ3n) is 3.07. The van der Waals surface area contributed by atoms with Crippen LogP contribution in [-0.2, 0) is 16.6 Å². The molecular weight excluding hydrogens is 306 g/mol. The van der Waals surface area contributed by atoms with E-state index in [1.54, 1.807) is 0 Å². The van der Waals surface area contributed by atoms with E-state index >= 15 is 0 Å². The highest BCUT2D eigenvalue weighted by Crippen LogP contribution is 2.34. The molecule has 0 saturated heterocycles. The van der Waals surface area contributed by atoms with Gasteiger partial charge in [-0.3, -0.25) is 0 Å². The third-order valence-corrected chi connectivity index (χ3v) is 6.11. The van der Waals surface area contributed by atoms with Crippen LogP contribution in [0.3, 0.4) is 0 Å². The van der Waals surface area contributed by atoms with E-state index < -0.39 is 10.0 Å². The summed E-state index contributed by atoms with van der Waals surface area (Å²) in [5, 5.41) is 0.743. The monoisotopic (exact) mass is 327 g/mol. The molecule has 21 heavy (non-hydrogen) atoms. The Labute approximate surface area is 129 Å². The van der Waals surface area contributed by atoms with Crippen LogP contribution in [0.15, 0.2) is 29.2 Å². The van der Waals surface area contributed by atoms with Crippen molar-refractivity contribution in [2.24, 2.45) is 5.73 Å². The van der Waals surface area contributed by atoms with Gasteiger partial charge in [-0.25, -0.2) is 13.1 Å². The second-order valence-corrected chi connectivity index (χ2v) is 8.13. The van der Waals surface area contributed by atoms with Crippen molar-refractivity contribution < 1.29 is 8.42 Å². The van der Waals surface area contributed by atoms with Gasteiger partial charge in [0.05, 0.1) is 0 Å². The zero-order valence-corrected chi connectivity index (χ0v) is 14.1. The Balaban J connectivity index is 2.44. The highest BCUT2D eigenvalue weighted by Gasteiger charge is 2.25. The van der Waals surface area contributed by atoms with Crippen LogP contribution in [0, 0.1) is 0 Å². The van der Waals surface area contributed by atoms with Crippen molar-refractivity contribution in [3.05, 3.63) is 29.1 Å². The molecule has 5 nitrogen and oxygen atoms in total. The molecule has 1 unspecified atom stereocenters. The van der Waals surface area contributed by atoms with Crippen molar-refractivity contribution >= 4 is 31.4 Å². The van der Waals surface area contributed by atoms with Crippen LogP contribution in [0.2, 0.25) is 0 Å². The smallest absolute Gasteiger partial charge is 0.242 e. The Bertz CT molecular complexity index is 723. The van der Waals surface area contributed by atoms with Crippen LogP contribution >= 0.6 is 11.3 Å². The van der Waals surface area contributed by atoms with Gasteiger partial charge in [-0.15, -0.1) is 11.3 Å². The summed E-state index contributed by atoms with van der Waals surface area (Å²) in [6.45, 7) is 2.71. The predicted molar refractivity (Wildman–Crippen MR) is 88.1 cm³/mol. The fourth-order valence-corrected chi connectivity index (χ4v) is 5.48. The lowest BCUT2D eigenvalue weighted by atomic mass is 10.2. The number of nitrogens with zero attached hydrogens (tertiary/aromatic N) is 1. The number of hydrogen-bond acceptors (Lipinski definition) is 5. The molecule has 116 valence electrons. The first-order chi connectivity index (χ1) is 9.85. The second-order valence-electron chi connectivity index (χ2n) is 5.34. The molecule has 3 N–H and O–H groups in total. The van der Waals surface area contributed by atoms with Crippen molar-refractivity contribution in [2.75, 3.05) is 20.6 Å². The molecule has 0 aliphatic carbocycles. The molecule has 0 bridgehead atoms. The average Bonchev–Trinajstić information content (AvgIpc) is 2.75. The Morgan fingerprint density at radius 1 is 1.33 bits per heavy atom. The first kappa shape index (κ1) is 16.4. The van der Waals surface area contributed by atoms with Crippen LogP contribution in [0.4, 0.5) is 0 Å². The molecule has 0 saturated carbocycles. The predicted octanol–water partition coefficient (Wildman–Crippen LogP) is 1.59. The lowest BCUT2D eigenvalue weighted by Gasteiger charge is -2.18. The van der Waals surface area contributed by atoms with Crippen LogP contribution in [-0.4, -0.2) is 40.0 Å². The topological polar surface area (TPSA) is 75.4 Å². The molecule has 1 aromatic heterocycles. The average molecular weight is 327 g/mol. The van der Waals surface area contributed by atoms with Crippen LogP contribution in [0.5, 0.6) is 0 Å². The van der Waals surface area contributed by atoms with Gasteiger partial charge in [0.15, 0.2) is 0 Å². The fraction of sp³-hybridized carbons (Fsp3) is 0.429. The maximum Gasteiger partial charge on any atom is 0.242 e. The van der Waals surface area contributed by atoms with Crippen LogP contribution < -0.4 is 10.5 Å². The fourth-order valence-electron chi connectivity index (χ4n) is 2.41.